The van der Waals surface area contributed by atoms with Gasteiger partial charge < -0.3 is 15.0 Å². The van der Waals surface area contributed by atoms with Crippen LogP contribution in [-0.2, 0) is 9.53 Å². The number of piperidine rings is 1. The average Bonchev–Trinajstić information content (AvgIpc) is 2.91. The number of fused-ring (bicyclic) bond motifs is 1. The van der Waals surface area contributed by atoms with E-state index < -0.39 is 0 Å². The van der Waals surface area contributed by atoms with Crippen molar-refractivity contribution in [3.63, 3.8) is 0 Å². The van der Waals surface area contributed by atoms with Crippen molar-refractivity contribution in [2.75, 3.05) is 26.8 Å². The number of carbonyl (C=O) groups is 1. The van der Waals surface area contributed by atoms with Crippen molar-refractivity contribution in [3.05, 3.63) is 0 Å². The zero-order valence-electron chi connectivity index (χ0n) is 13.1. The lowest BCUT2D eigenvalue weighted by Gasteiger charge is -2.33. The Morgan fingerprint density at radius 3 is 2.57 bits per heavy atom. The van der Waals surface area contributed by atoms with E-state index in [1.54, 1.807) is 7.11 Å². The third-order valence-electron chi connectivity index (χ3n) is 5.49. The molecule has 5 heteroatoms. The zero-order chi connectivity index (χ0) is 13.9. The van der Waals surface area contributed by atoms with E-state index in [2.05, 4.69) is 10.2 Å². The highest BCUT2D eigenvalue weighted by Gasteiger charge is 2.40. The van der Waals surface area contributed by atoms with Crippen molar-refractivity contribution in [2.24, 2.45) is 11.8 Å². The Balaban J connectivity index is 0.00000161. The fourth-order valence-corrected chi connectivity index (χ4v) is 4.29. The molecule has 3 unspecified atom stereocenters. The van der Waals surface area contributed by atoms with Gasteiger partial charge in [0.15, 0.2) is 0 Å². The summed E-state index contributed by atoms with van der Waals surface area (Å²) in [6.45, 7) is 2.68. The van der Waals surface area contributed by atoms with Gasteiger partial charge in [0.25, 0.3) is 0 Å². The van der Waals surface area contributed by atoms with Crippen LogP contribution in [0.1, 0.15) is 44.9 Å². The first kappa shape index (κ1) is 17.0. The van der Waals surface area contributed by atoms with Gasteiger partial charge >= 0.3 is 0 Å². The standard InChI is InChI=1S/C16H28N2O2.ClH/c1-20-11-12-6-8-18(9-7-12)16(19)15-10-13-4-2-3-5-14(13)17-15;/h12-15,17H,2-11H2,1H3;1H. The van der Waals surface area contributed by atoms with Crippen LogP contribution in [0.5, 0.6) is 0 Å². The summed E-state index contributed by atoms with van der Waals surface area (Å²) >= 11 is 0. The molecule has 0 spiro atoms. The number of carbonyl (C=O) groups excluding carboxylic acids is 1. The molecule has 1 aliphatic carbocycles. The average molecular weight is 317 g/mol. The summed E-state index contributed by atoms with van der Waals surface area (Å²) in [5, 5.41) is 3.61. The molecule has 0 aromatic heterocycles. The van der Waals surface area contributed by atoms with Crippen molar-refractivity contribution >= 4 is 18.3 Å². The van der Waals surface area contributed by atoms with E-state index in [4.69, 9.17) is 4.74 Å². The summed E-state index contributed by atoms with van der Waals surface area (Å²) in [4.78, 5) is 14.7. The molecule has 21 heavy (non-hydrogen) atoms. The van der Waals surface area contributed by atoms with Crippen LogP contribution < -0.4 is 5.32 Å². The highest BCUT2D eigenvalue weighted by atomic mass is 35.5. The molecule has 2 heterocycles. The maximum absolute atomic E-state index is 12.6. The number of ether oxygens (including phenoxy) is 1. The SMILES string of the molecule is COCC1CCN(C(=O)C2CC3CCCCC3N2)CC1.Cl. The Kier molecular flexibility index (Phi) is 6.33. The monoisotopic (exact) mass is 316 g/mol. The summed E-state index contributed by atoms with van der Waals surface area (Å²) < 4.78 is 5.23. The second kappa shape index (κ2) is 7.80. The summed E-state index contributed by atoms with van der Waals surface area (Å²) in [5.41, 5.74) is 0. The Labute approximate surface area is 134 Å². The van der Waals surface area contributed by atoms with Crippen LogP contribution in [0.4, 0.5) is 0 Å². The number of nitrogens with zero attached hydrogens (tertiary/aromatic N) is 1. The van der Waals surface area contributed by atoms with Crippen LogP contribution in [0, 0.1) is 11.8 Å². The van der Waals surface area contributed by atoms with Crippen LogP contribution in [0.15, 0.2) is 0 Å². The van der Waals surface area contributed by atoms with Crippen LogP contribution >= 0.6 is 12.4 Å². The molecule has 0 aromatic carbocycles. The number of halogens is 1. The molecule has 3 fully saturated rings. The predicted octanol–water partition coefficient (Wildman–Crippen LogP) is 2.21. The number of hydrogen-bond donors (Lipinski definition) is 1. The van der Waals surface area contributed by atoms with Crippen molar-refractivity contribution in [3.8, 4) is 0 Å². The van der Waals surface area contributed by atoms with Crippen molar-refractivity contribution in [2.45, 2.75) is 57.0 Å². The third-order valence-corrected chi connectivity index (χ3v) is 5.49. The topological polar surface area (TPSA) is 41.6 Å². The Morgan fingerprint density at radius 1 is 1.19 bits per heavy atom. The lowest BCUT2D eigenvalue weighted by Crippen LogP contribution is -2.48. The van der Waals surface area contributed by atoms with E-state index in [9.17, 15) is 4.79 Å². The molecule has 0 aromatic rings. The number of rotatable bonds is 3. The molecule has 1 amide bonds. The fourth-order valence-electron chi connectivity index (χ4n) is 4.29. The van der Waals surface area contributed by atoms with E-state index in [1.807, 2.05) is 0 Å². The Hall–Kier alpha value is -0.320. The van der Waals surface area contributed by atoms with Gasteiger partial charge in [0.05, 0.1) is 6.04 Å². The molecule has 3 rings (SSSR count). The first-order valence-electron chi connectivity index (χ1n) is 8.31. The normalized spacial score (nSPS) is 33.4. The number of amides is 1. The summed E-state index contributed by atoms with van der Waals surface area (Å²) in [7, 11) is 1.77. The molecule has 3 aliphatic rings. The first-order chi connectivity index (χ1) is 9.78. The van der Waals surface area contributed by atoms with Gasteiger partial charge in [-0.2, -0.15) is 0 Å². The summed E-state index contributed by atoms with van der Waals surface area (Å²) in [5.74, 6) is 1.75. The van der Waals surface area contributed by atoms with Crippen molar-refractivity contribution in [1.82, 2.24) is 10.2 Å². The van der Waals surface area contributed by atoms with E-state index in [0.717, 1.165) is 44.9 Å². The van der Waals surface area contributed by atoms with Crippen molar-refractivity contribution < 1.29 is 9.53 Å². The van der Waals surface area contributed by atoms with Crippen molar-refractivity contribution in [1.29, 1.82) is 0 Å². The van der Waals surface area contributed by atoms with Gasteiger partial charge in [-0.1, -0.05) is 12.8 Å². The lowest BCUT2D eigenvalue weighted by molar-refractivity contribution is -0.134. The predicted molar refractivity (Wildman–Crippen MR) is 85.7 cm³/mol. The lowest BCUT2D eigenvalue weighted by atomic mass is 9.85. The van der Waals surface area contributed by atoms with Crippen LogP contribution in [0.3, 0.4) is 0 Å². The second-order valence-electron chi connectivity index (χ2n) is 6.83. The maximum Gasteiger partial charge on any atom is 0.239 e. The van der Waals surface area contributed by atoms with Gasteiger partial charge in [-0.15, -0.1) is 12.4 Å². The minimum atomic E-state index is 0. The third kappa shape index (κ3) is 3.91. The number of likely N-dealkylation sites (tertiary alicyclic amines) is 1. The summed E-state index contributed by atoms with van der Waals surface area (Å²) in [6.07, 6.45) is 8.53. The minimum absolute atomic E-state index is 0. The highest BCUT2D eigenvalue weighted by Crippen LogP contribution is 2.34. The highest BCUT2D eigenvalue weighted by molar-refractivity contribution is 5.85. The smallest absolute Gasteiger partial charge is 0.239 e. The molecule has 122 valence electrons. The number of methoxy groups -OCH3 is 1. The summed E-state index contributed by atoms with van der Waals surface area (Å²) in [6, 6.07) is 0.714. The van der Waals surface area contributed by atoms with Gasteiger partial charge in [-0.3, -0.25) is 4.79 Å². The maximum atomic E-state index is 12.6. The van der Waals surface area contributed by atoms with E-state index >= 15 is 0 Å². The molecule has 0 radical (unpaired) electrons. The molecule has 1 N–H and O–H groups in total. The molecule has 3 atom stereocenters. The molecule has 2 saturated heterocycles. The van der Waals surface area contributed by atoms with Gasteiger partial charge in [0.1, 0.15) is 0 Å². The molecular weight excluding hydrogens is 288 g/mol. The van der Waals surface area contributed by atoms with E-state index in [0.29, 0.717) is 17.9 Å². The van der Waals surface area contributed by atoms with Crippen LogP contribution in [-0.4, -0.2) is 49.7 Å². The number of nitrogens with one attached hydrogen (secondary N) is 1. The molecule has 0 bridgehead atoms. The Morgan fingerprint density at radius 2 is 1.90 bits per heavy atom. The fraction of sp³-hybridized carbons (Fsp3) is 0.938. The molecule has 2 aliphatic heterocycles. The number of hydrogen-bond acceptors (Lipinski definition) is 3. The van der Waals surface area contributed by atoms with Crippen LogP contribution in [0.2, 0.25) is 0 Å². The molecule has 4 nitrogen and oxygen atoms in total. The van der Waals surface area contributed by atoms with Crippen LogP contribution in [0.25, 0.3) is 0 Å². The van der Waals surface area contributed by atoms with Gasteiger partial charge in [0, 0.05) is 32.8 Å². The first-order valence-corrected chi connectivity index (χ1v) is 8.31. The minimum Gasteiger partial charge on any atom is -0.384 e. The van der Waals surface area contributed by atoms with Gasteiger partial charge in [-0.25, -0.2) is 0 Å². The molecule has 1 saturated carbocycles. The van der Waals surface area contributed by atoms with E-state index in [-0.39, 0.29) is 18.4 Å². The zero-order valence-corrected chi connectivity index (χ0v) is 13.9. The second-order valence-corrected chi connectivity index (χ2v) is 6.83. The quantitative estimate of drug-likeness (QED) is 0.868. The Bertz CT molecular complexity index is 331. The van der Waals surface area contributed by atoms with Gasteiger partial charge in [0.2, 0.25) is 5.91 Å². The van der Waals surface area contributed by atoms with E-state index in [1.165, 1.54) is 25.7 Å². The molecular formula is C16H29ClN2O2. The van der Waals surface area contributed by atoms with Gasteiger partial charge in [-0.05, 0) is 43.9 Å². The largest absolute Gasteiger partial charge is 0.384 e.